The zero-order valence-corrected chi connectivity index (χ0v) is 18.7. The van der Waals surface area contributed by atoms with Crippen LogP contribution < -0.4 is 4.73 Å². The Morgan fingerprint density at radius 3 is 2.62 bits per heavy atom. The standard InChI is InChI=1S/C26H25N4O2/c1-14-7-10-22-19(6-5-11-30(22)31)23(14)20-12-18(24-15(2)28-32-16(24)3)13-21-25(20)29(4)26(27-21)17-8-9-17/h5-7,10-13,17,31H,8-9H2,1-4H3/q+1. The molecule has 0 bridgehead atoms. The van der Waals surface area contributed by atoms with Gasteiger partial charge >= 0.3 is 0 Å². The Morgan fingerprint density at radius 1 is 1.09 bits per heavy atom. The van der Waals surface area contributed by atoms with Gasteiger partial charge in [0.15, 0.2) is 0 Å². The van der Waals surface area contributed by atoms with E-state index < -0.39 is 0 Å². The Kier molecular flexibility index (Phi) is 3.97. The first-order valence-corrected chi connectivity index (χ1v) is 11.0. The van der Waals surface area contributed by atoms with Crippen LogP contribution in [0.1, 0.15) is 41.6 Å². The number of benzene rings is 2. The maximum Gasteiger partial charge on any atom is 0.265 e. The van der Waals surface area contributed by atoms with Crippen LogP contribution >= 0.6 is 0 Å². The molecule has 1 N–H and O–H groups in total. The molecule has 0 radical (unpaired) electrons. The van der Waals surface area contributed by atoms with Gasteiger partial charge in [0.2, 0.25) is 6.20 Å². The first kappa shape index (κ1) is 19.0. The van der Waals surface area contributed by atoms with Crippen LogP contribution in [-0.4, -0.2) is 19.9 Å². The average Bonchev–Trinajstić information content (AvgIpc) is 3.48. The molecule has 0 unspecified atom stereocenters. The molecule has 0 saturated heterocycles. The highest BCUT2D eigenvalue weighted by molar-refractivity contribution is 6.05. The molecule has 3 aromatic heterocycles. The first-order valence-electron chi connectivity index (χ1n) is 11.0. The predicted molar refractivity (Wildman–Crippen MR) is 123 cm³/mol. The van der Waals surface area contributed by atoms with E-state index in [1.165, 1.54) is 17.6 Å². The summed E-state index contributed by atoms with van der Waals surface area (Å²) in [6.45, 7) is 6.04. The monoisotopic (exact) mass is 425 g/mol. The summed E-state index contributed by atoms with van der Waals surface area (Å²) in [5.74, 6) is 2.48. The van der Waals surface area contributed by atoms with E-state index in [0.29, 0.717) is 5.92 Å². The van der Waals surface area contributed by atoms with Crippen LogP contribution in [0.3, 0.4) is 0 Å². The molecule has 0 amide bonds. The maximum absolute atomic E-state index is 10.4. The van der Waals surface area contributed by atoms with E-state index in [-0.39, 0.29) is 0 Å². The summed E-state index contributed by atoms with van der Waals surface area (Å²) in [6.07, 6.45) is 4.05. The van der Waals surface area contributed by atoms with Crippen molar-refractivity contribution in [3.63, 3.8) is 0 Å². The Hall–Kier alpha value is -3.67. The average molecular weight is 426 g/mol. The second-order valence-corrected chi connectivity index (χ2v) is 8.94. The van der Waals surface area contributed by atoms with Crippen LogP contribution in [0.25, 0.3) is 44.2 Å². The molecule has 1 aliphatic rings. The predicted octanol–water partition coefficient (Wildman–Crippen LogP) is 5.38. The molecule has 1 aliphatic carbocycles. The summed E-state index contributed by atoms with van der Waals surface area (Å²) in [4.78, 5) is 5.07. The van der Waals surface area contributed by atoms with Crippen LogP contribution in [0.4, 0.5) is 0 Å². The number of hydrogen-bond acceptors (Lipinski definition) is 4. The zero-order valence-electron chi connectivity index (χ0n) is 18.7. The lowest BCUT2D eigenvalue weighted by Gasteiger charge is -2.14. The first-order chi connectivity index (χ1) is 15.4. The van der Waals surface area contributed by atoms with Gasteiger partial charge in [-0.05, 0) is 62.9 Å². The summed E-state index contributed by atoms with van der Waals surface area (Å²) >= 11 is 0. The molecule has 2 aromatic carbocycles. The van der Waals surface area contributed by atoms with E-state index in [1.54, 1.807) is 6.20 Å². The SMILES string of the molecule is Cc1ccc2c(ccc[n+]2O)c1-c1cc(-c2c(C)noc2C)cc2nc(C3CC3)n(C)c12. The van der Waals surface area contributed by atoms with Crippen LogP contribution in [0.2, 0.25) is 0 Å². The highest BCUT2D eigenvalue weighted by Crippen LogP contribution is 2.44. The molecule has 160 valence electrons. The van der Waals surface area contributed by atoms with Crippen molar-refractivity contribution >= 4 is 21.9 Å². The Labute approximate surface area is 185 Å². The summed E-state index contributed by atoms with van der Waals surface area (Å²) < 4.78 is 8.93. The number of fused-ring (bicyclic) bond motifs is 2. The Bertz CT molecular complexity index is 1520. The molecule has 0 spiro atoms. The maximum atomic E-state index is 10.4. The van der Waals surface area contributed by atoms with Gasteiger partial charge in [0, 0.05) is 46.5 Å². The van der Waals surface area contributed by atoms with Crippen molar-refractivity contribution in [3.05, 3.63) is 65.4 Å². The molecule has 3 heterocycles. The van der Waals surface area contributed by atoms with Crippen molar-refractivity contribution in [2.75, 3.05) is 0 Å². The highest BCUT2D eigenvalue weighted by atomic mass is 16.5. The summed E-state index contributed by atoms with van der Waals surface area (Å²) in [7, 11) is 2.12. The molecule has 1 fully saturated rings. The Morgan fingerprint density at radius 2 is 1.91 bits per heavy atom. The Balaban J connectivity index is 1.76. The number of imidazole rings is 1. The van der Waals surface area contributed by atoms with Crippen molar-refractivity contribution in [3.8, 4) is 22.3 Å². The molecule has 0 atom stereocenters. The van der Waals surface area contributed by atoms with E-state index in [0.717, 1.165) is 67.0 Å². The van der Waals surface area contributed by atoms with Crippen LogP contribution in [-0.2, 0) is 7.05 Å². The van der Waals surface area contributed by atoms with Crippen molar-refractivity contribution in [1.29, 1.82) is 0 Å². The number of hydrogen-bond donors (Lipinski definition) is 1. The number of nitrogens with zero attached hydrogens (tertiary/aromatic N) is 4. The minimum atomic E-state index is 0.538. The lowest BCUT2D eigenvalue weighted by molar-refractivity contribution is -0.884. The number of pyridine rings is 1. The molecular weight excluding hydrogens is 400 g/mol. The van der Waals surface area contributed by atoms with Gasteiger partial charge in [-0.3, -0.25) is 5.21 Å². The minimum absolute atomic E-state index is 0.538. The molecule has 32 heavy (non-hydrogen) atoms. The van der Waals surface area contributed by atoms with Gasteiger partial charge in [0.1, 0.15) is 11.6 Å². The molecule has 6 nitrogen and oxygen atoms in total. The molecule has 1 saturated carbocycles. The minimum Gasteiger partial charge on any atom is -0.361 e. The van der Waals surface area contributed by atoms with E-state index >= 15 is 0 Å². The third-order valence-corrected chi connectivity index (χ3v) is 6.71. The van der Waals surface area contributed by atoms with E-state index in [4.69, 9.17) is 9.51 Å². The second kappa shape index (κ2) is 6.66. The highest BCUT2D eigenvalue weighted by Gasteiger charge is 2.30. The quantitative estimate of drug-likeness (QED) is 0.311. The molecular formula is C26H25N4O2+. The third-order valence-electron chi connectivity index (χ3n) is 6.71. The molecule has 6 heteroatoms. The van der Waals surface area contributed by atoms with Crippen molar-refractivity contribution in [2.24, 2.45) is 7.05 Å². The van der Waals surface area contributed by atoms with Gasteiger partial charge in [-0.2, -0.15) is 0 Å². The fourth-order valence-corrected chi connectivity index (χ4v) is 5.05. The van der Waals surface area contributed by atoms with Gasteiger partial charge in [0.25, 0.3) is 5.52 Å². The summed E-state index contributed by atoms with van der Waals surface area (Å²) in [5.41, 5.74) is 9.16. The van der Waals surface area contributed by atoms with Gasteiger partial charge in [0.05, 0.1) is 22.1 Å². The van der Waals surface area contributed by atoms with Gasteiger partial charge < -0.3 is 9.09 Å². The van der Waals surface area contributed by atoms with Crippen LogP contribution in [0.5, 0.6) is 0 Å². The van der Waals surface area contributed by atoms with Crippen molar-refractivity contribution in [1.82, 2.24) is 14.7 Å². The fourth-order valence-electron chi connectivity index (χ4n) is 5.05. The third kappa shape index (κ3) is 2.68. The second-order valence-electron chi connectivity index (χ2n) is 8.94. The van der Waals surface area contributed by atoms with E-state index in [1.807, 2.05) is 26.0 Å². The molecule has 5 aromatic rings. The number of aryl methyl sites for hydroxylation is 4. The van der Waals surface area contributed by atoms with E-state index in [2.05, 4.69) is 48.0 Å². The van der Waals surface area contributed by atoms with Crippen molar-refractivity contribution < 1.29 is 14.5 Å². The number of aromatic nitrogens is 4. The summed E-state index contributed by atoms with van der Waals surface area (Å²) in [5, 5.41) is 15.6. The van der Waals surface area contributed by atoms with Gasteiger partial charge in [-0.25, -0.2) is 4.98 Å². The lowest BCUT2D eigenvalue weighted by Crippen LogP contribution is -2.29. The smallest absolute Gasteiger partial charge is 0.265 e. The zero-order chi connectivity index (χ0) is 22.1. The van der Waals surface area contributed by atoms with Crippen LogP contribution in [0.15, 0.2) is 47.1 Å². The van der Waals surface area contributed by atoms with Crippen molar-refractivity contribution in [2.45, 2.75) is 39.5 Å². The fraction of sp³-hybridized carbons (Fsp3) is 0.269. The topological polar surface area (TPSA) is 68.0 Å². The van der Waals surface area contributed by atoms with Crippen LogP contribution in [0, 0.1) is 20.8 Å². The number of rotatable bonds is 3. The normalized spacial score (nSPS) is 14.0. The largest absolute Gasteiger partial charge is 0.361 e. The lowest BCUT2D eigenvalue weighted by atomic mass is 9.91. The molecule has 6 rings (SSSR count). The van der Waals surface area contributed by atoms with E-state index in [9.17, 15) is 5.21 Å². The molecule has 0 aliphatic heterocycles. The summed E-state index contributed by atoms with van der Waals surface area (Å²) in [6, 6.07) is 12.4. The van der Waals surface area contributed by atoms with Gasteiger partial charge in [-0.1, -0.05) is 11.2 Å². The van der Waals surface area contributed by atoms with Gasteiger partial charge in [-0.15, -0.1) is 0 Å².